The Balaban J connectivity index is 2.13. The van der Waals surface area contributed by atoms with Gasteiger partial charge in [0.15, 0.2) is 0 Å². The van der Waals surface area contributed by atoms with Crippen molar-refractivity contribution in [2.45, 2.75) is 19.3 Å². The van der Waals surface area contributed by atoms with Crippen molar-refractivity contribution in [1.82, 2.24) is 9.38 Å². The summed E-state index contributed by atoms with van der Waals surface area (Å²) in [5.41, 5.74) is 2.51. The van der Waals surface area contributed by atoms with Gasteiger partial charge in [0.05, 0.1) is 11.7 Å². The molecule has 1 fully saturated rings. The van der Waals surface area contributed by atoms with E-state index in [0.29, 0.717) is 5.92 Å². The molecule has 3 heterocycles. The number of hydrogen-bond acceptors (Lipinski definition) is 2. The molecule has 2 nitrogen and oxygen atoms in total. The van der Waals surface area contributed by atoms with E-state index in [2.05, 4.69) is 34.6 Å². The molecule has 0 aromatic carbocycles. The second kappa shape index (κ2) is 3.56. The topological polar surface area (TPSA) is 17.3 Å². The van der Waals surface area contributed by atoms with Gasteiger partial charge in [-0.15, -0.1) is 0 Å². The summed E-state index contributed by atoms with van der Waals surface area (Å²) in [6.45, 7) is 2.13. The third-order valence-corrected chi connectivity index (χ3v) is 4.16. The average molecular weight is 218 g/mol. The van der Waals surface area contributed by atoms with Gasteiger partial charge in [-0.3, -0.25) is 0 Å². The first-order valence-corrected chi connectivity index (χ1v) is 6.51. The summed E-state index contributed by atoms with van der Waals surface area (Å²) < 4.78 is 2.26. The van der Waals surface area contributed by atoms with Crippen LogP contribution >= 0.6 is 11.8 Å². The Hall–Kier alpha value is -0.960. The molecule has 0 radical (unpaired) electrons. The third-order valence-electron chi connectivity index (χ3n) is 3.00. The third kappa shape index (κ3) is 1.55. The van der Waals surface area contributed by atoms with E-state index in [-0.39, 0.29) is 0 Å². The maximum atomic E-state index is 4.57. The fourth-order valence-electron chi connectivity index (χ4n) is 2.16. The Labute approximate surface area is 93.7 Å². The molecule has 0 N–H and O–H groups in total. The number of hydrogen-bond donors (Lipinski definition) is 0. The molecule has 1 unspecified atom stereocenters. The predicted octanol–water partition coefficient (Wildman–Crippen LogP) is 2.86. The maximum Gasteiger partial charge on any atom is 0.117 e. The number of nitrogens with zero attached hydrogens (tertiary/aromatic N) is 2. The largest absolute Gasteiger partial charge is 0.303 e. The van der Waals surface area contributed by atoms with E-state index in [9.17, 15) is 0 Å². The summed E-state index contributed by atoms with van der Waals surface area (Å²) >= 11 is 2.04. The van der Waals surface area contributed by atoms with Gasteiger partial charge in [0.25, 0.3) is 0 Å². The molecule has 1 aliphatic rings. The zero-order valence-corrected chi connectivity index (χ0v) is 9.63. The van der Waals surface area contributed by atoms with Crippen LogP contribution in [0, 0.1) is 6.92 Å². The summed E-state index contributed by atoms with van der Waals surface area (Å²) in [6, 6.07) is 4.29. The van der Waals surface area contributed by atoms with Gasteiger partial charge in [0, 0.05) is 17.9 Å². The minimum Gasteiger partial charge on any atom is -0.303 e. The summed E-state index contributed by atoms with van der Waals surface area (Å²) in [5, 5.41) is 0. The molecular weight excluding hydrogens is 204 g/mol. The first-order valence-electron chi connectivity index (χ1n) is 5.36. The molecule has 2 aromatic rings. The van der Waals surface area contributed by atoms with E-state index in [4.69, 9.17) is 0 Å². The SMILES string of the molecule is Cc1ccc2cnc(C3CCSC3)n2c1. The molecule has 15 heavy (non-hydrogen) atoms. The van der Waals surface area contributed by atoms with Crippen LogP contribution in [-0.4, -0.2) is 20.9 Å². The van der Waals surface area contributed by atoms with Crippen molar-refractivity contribution >= 4 is 17.3 Å². The van der Waals surface area contributed by atoms with Crippen LogP contribution in [0.4, 0.5) is 0 Å². The molecule has 0 saturated carbocycles. The van der Waals surface area contributed by atoms with E-state index < -0.39 is 0 Å². The predicted molar refractivity (Wildman–Crippen MR) is 64.6 cm³/mol. The summed E-state index contributed by atoms with van der Waals surface area (Å²) in [4.78, 5) is 4.57. The minimum absolute atomic E-state index is 0.652. The van der Waals surface area contributed by atoms with Gasteiger partial charge >= 0.3 is 0 Å². The summed E-state index contributed by atoms with van der Waals surface area (Å²) in [6.07, 6.45) is 5.45. The van der Waals surface area contributed by atoms with Crippen molar-refractivity contribution in [2.75, 3.05) is 11.5 Å². The first kappa shape index (κ1) is 9.28. The first-order chi connectivity index (χ1) is 7.34. The fourth-order valence-corrected chi connectivity index (χ4v) is 3.37. The van der Waals surface area contributed by atoms with Crippen molar-refractivity contribution in [1.29, 1.82) is 0 Å². The van der Waals surface area contributed by atoms with E-state index in [1.807, 2.05) is 18.0 Å². The van der Waals surface area contributed by atoms with Crippen LogP contribution in [0.15, 0.2) is 24.5 Å². The van der Waals surface area contributed by atoms with E-state index in [1.54, 1.807) is 0 Å². The number of pyridine rings is 1. The smallest absolute Gasteiger partial charge is 0.117 e. The minimum atomic E-state index is 0.652. The maximum absolute atomic E-state index is 4.57. The van der Waals surface area contributed by atoms with Crippen molar-refractivity contribution in [3.63, 3.8) is 0 Å². The number of imidazole rings is 1. The van der Waals surface area contributed by atoms with E-state index in [0.717, 1.165) is 0 Å². The number of aromatic nitrogens is 2. The molecule has 0 aliphatic carbocycles. The Bertz CT molecular complexity index is 483. The second-order valence-corrected chi connectivity index (χ2v) is 5.33. The molecular formula is C12H14N2S. The normalized spacial score (nSPS) is 21.3. The van der Waals surface area contributed by atoms with Gasteiger partial charge < -0.3 is 4.40 Å². The van der Waals surface area contributed by atoms with Gasteiger partial charge in [-0.2, -0.15) is 11.8 Å². The van der Waals surface area contributed by atoms with Crippen molar-refractivity contribution < 1.29 is 0 Å². The summed E-state index contributed by atoms with van der Waals surface area (Å²) in [7, 11) is 0. The van der Waals surface area contributed by atoms with E-state index in [1.165, 1.54) is 34.8 Å². The lowest BCUT2D eigenvalue weighted by Crippen LogP contribution is -2.03. The van der Waals surface area contributed by atoms with Crippen LogP contribution in [0.5, 0.6) is 0 Å². The Kier molecular flexibility index (Phi) is 2.20. The molecule has 0 spiro atoms. The highest BCUT2D eigenvalue weighted by Gasteiger charge is 2.21. The molecule has 78 valence electrons. The quantitative estimate of drug-likeness (QED) is 0.732. The van der Waals surface area contributed by atoms with Gasteiger partial charge in [0.2, 0.25) is 0 Å². The highest BCUT2D eigenvalue weighted by molar-refractivity contribution is 7.99. The lowest BCUT2D eigenvalue weighted by atomic mass is 10.1. The molecule has 1 atom stereocenters. The Morgan fingerprint density at radius 2 is 2.40 bits per heavy atom. The molecule has 3 heteroatoms. The Morgan fingerprint density at radius 3 is 3.20 bits per heavy atom. The Morgan fingerprint density at radius 1 is 1.47 bits per heavy atom. The highest BCUT2D eigenvalue weighted by Crippen LogP contribution is 2.31. The number of fused-ring (bicyclic) bond motifs is 1. The number of thioether (sulfide) groups is 1. The van der Waals surface area contributed by atoms with Crippen molar-refractivity contribution in [3.8, 4) is 0 Å². The van der Waals surface area contributed by atoms with Crippen LogP contribution in [-0.2, 0) is 0 Å². The fraction of sp³-hybridized carbons (Fsp3) is 0.417. The molecule has 2 aromatic heterocycles. The van der Waals surface area contributed by atoms with Gasteiger partial charge in [0.1, 0.15) is 5.82 Å². The number of rotatable bonds is 1. The zero-order valence-electron chi connectivity index (χ0n) is 8.81. The highest BCUT2D eigenvalue weighted by atomic mass is 32.2. The standard InChI is InChI=1S/C12H14N2S/c1-9-2-3-11-6-13-12(14(11)7-9)10-4-5-15-8-10/h2-3,6-7,10H,4-5,8H2,1H3. The molecule has 0 amide bonds. The summed E-state index contributed by atoms with van der Waals surface area (Å²) in [5.74, 6) is 4.41. The monoisotopic (exact) mass is 218 g/mol. The van der Waals surface area contributed by atoms with Crippen LogP contribution in [0.2, 0.25) is 0 Å². The van der Waals surface area contributed by atoms with Crippen molar-refractivity contribution in [2.24, 2.45) is 0 Å². The van der Waals surface area contributed by atoms with Crippen LogP contribution in [0.1, 0.15) is 23.7 Å². The zero-order chi connectivity index (χ0) is 10.3. The molecule has 3 rings (SSSR count). The van der Waals surface area contributed by atoms with Crippen LogP contribution < -0.4 is 0 Å². The van der Waals surface area contributed by atoms with E-state index >= 15 is 0 Å². The molecule has 0 bridgehead atoms. The van der Waals surface area contributed by atoms with Crippen molar-refractivity contribution in [3.05, 3.63) is 35.9 Å². The van der Waals surface area contributed by atoms with Crippen LogP contribution in [0.25, 0.3) is 5.52 Å². The van der Waals surface area contributed by atoms with Gasteiger partial charge in [-0.25, -0.2) is 4.98 Å². The molecule has 1 saturated heterocycles. The lowest BCUT2D eigenvalue weighted by molar-refractivity contribution is 0.713. The molecule has 1 aliphatic heterocycles. The van der Waals surface area contributed by atoms with Crippen LogP contribution in [0.3, 0.4) is 0 Å². The number of aryl methyl sites for hydroxylation is 1. The average Bonchev–Trinajstić information content (AvgIpc) is 2.83. The lowest BCUT2D eigenvalue weighted by Gasteiger charge is -2.07. The second-order valence-electron chi connectivity index (χ2n) is 4.18. The van der Waals surface area contributed by atoms with Gasteiger partial charge in [-0.1, -0.05) is 6.07 Å². The van der Waals surface area contributed by atoms with Gasteiger partial charge in [-0.05, 0) is 30.7 Å².